The van der Waals surface area contributed by atoms with E-state index in [1.165, 1.54) is 56.3 Å². The molecule has 0 N–H and O–H groups in total. The van der Waals surface area contributed by atoms with Gasteiger partial charge in [-0.2, -0.15) is 0 Å². The quantitative estimate of drug-likeness (QED) is 0.500. The third-order valence-electron chi connectivity index (χ3n) is 3.03. The summed E-state index contributed by atoms with van der Waals surface area (Å²) in [6.45, 7) is 6.00. The molecule has 0 saturated carbocycles. The highest BCUT2D eigenvalue weighted by Crippen LogP contribution is 2.25. The van der Waals surface area contributed by atoms with Crippen molar-refractivity contribution in [2.45, 2.75) is 25.7 Å². The van der Waals surface area contributed by atoms with E-state index in [1.807, 2.05) is 0 Å². The van der Waals surface area contributed by atoms with Crippen LogP contribution in [-0.2, 0) is 0 Å². The van der Waals surface area contributed by atoms with Crippen molar-refractivity contribution in [1.82, 2.24) is 0 Å². The maximum absolute atomic E-state index is 1.50. The number of nitrogens with zero attached hydrogens (tertiary/aromatic N) is 1. The Bertz CT molecular complexity index is 87.1. The lowest BCUT2D eigenvalue weighted by molar-refractivity contribution is -0.904. The third kappa shape index (κ3) is 2.43. The highest BCUT2D eigenvalue weighted by atomic mass is 79.9. The minimum atomic E-state index is 0. The van der Waals surface area contributed by atoms with E-state index in [0.717, 1.165) is 0 Å². The molecule has 11 heavy (non-hydrogen) atoms. The molecule has 2 rings (SSSR count). The van der Waals surface area contributed by atoms with Crippen molar-refractivity contribution in [1.29, 1.82) is 0 Å². The van der Waals surface area contributed by atoms with Crippen LogP contribution in [0.4, 0.5) is 0 Å². The first-order valence-electron chi connectivity index (χ1n) is 4.26. The van der Waals surface area contributed by atoms with Gasteiger partial charge in [0.05, 0.1) is 26.2 Å². The molecule has 0 aromatic heterocycles. The molecule has 0 bridgehead atoms. The number of hydrogen-bond donors (Lipinski definition) is 0. The van der Waals surface area contributed by atoms with Crippen molar-refractivity contribution < 1.29 is 21.5 Å². The summed E-state index contributed by atoms with van der Waals surface area (Å²) in [5.74, 6) is 0. The summed E-state index contributed by atoms with van der Waals surface area (Å²) in [6, 6.07) is 0. The van der Waals surface area contributed by atoms with E-state index in [4.69, 9.17) is 0 Å². The van der Waals surface area contributed by atoms with E-state index in [2.05, 4.69) is 0 Å². The molecule has 1 nitrogen and oxygen atoms in total. The summed E-state index contributed by atoms with van der Waals surface area (Å²) in [6.07, 6.45) is 6.00. The van der Waals surface area contributed by atoms with Crippen molar-refractivity contribution in [2.75, 3.05) is 26.2 Å². The summed E-state index contributed by atoms with van der Waals surface area (Å²) >= 11 is 0. The van der Waals surface area contributed by atoms with Crippen LogP contribution < -0.4 is 17.0 Å². The molecular formula is C8H17Br2N. The second kappa shape index (κ2) is 4.83. The summed E-state index contributed by atoms with van der Waals surface area (Å²) in [5.41, 5.74) is 0. The molecule has 3 heteroatoms. The van der Waals surface area contributed by atoms with Crippen LogP contribution in [0.5, 0.6) is 0 Å². The van der Waals surface area contributed by atoms with Crippen LogP contribution in [0.1, 0.15) is 25.7 Å². The van der Waals surface area contributed by atoms with Crippen molar-refractivity contribution in [3.8, 4) is 0 Å². The molecule has 1 spiro atoms. The Morgan fingerprint density at radius 3 is 1.18 bits per heavy atom. The van der Waals surface area contributed by atoms with Gasteiger partial charge in [0.1, 0.15) is 0 Å². The lowest BCUT2D eigenvalue weighted by atomic mass is 10.4. The summed E-state index contributed by atoms with van der Waals surface area (Å²) in [4.78, 5) is 0. The summed E-state index contributed by atoms with van der Waals surface area (Å²) in [7, 11) is 0. The van der Waals surface area contributed by atoms with Crippen LogP contribution in [0.2, 0.25) is 0 Å². The smallest absolute Gasteiger partial charge is 0.0788 e. The standard InChI is InChI=1S/C8H16N.2BrH/c1-2-6-9(5-1)7-3-4-8-9;;/h1-8H2;2*1H/q+1;;/p-1. The second-order valence-electron chi connectivity index (χ2n) is 3.65. The van der Waals surface area contributed by atoms with Crippen LogP contribution in [0.15, 0.2) is 0 Å². The number of halogens is 2. The zero-order valence-corrected chi connectivity index (χ0v) is 10.2. The van der Waals surface area contributed by atoms with Crippen LogP contribution in [0.25, 0.3) is 0 Å². The van der Waals surface area contributed by atoms with E-state index in [9.17, 15) is 0 Å². The topological polar surface area (TPSA) is 0 Å². The van der Waals surface area contributed by atoms with Crippen molar-refractivity contribution in [3.63, 3.8) is 0 Å². The SMILES string of the molecule is Br.C1CC[N+]2(C1)CCCC2.[Br-]. The molecule has 2 aliphatic rings. The number of hydrogen-bond acceptors (Lipinski definition) is 0. The van der Waals surface area contributed by atoms with Gasteiger partial charge < -0.3 is 21.5 Å². The largest absolute Gasteiger partial charge is 1.00 e. The molecule has 0 aromatic carbocycles. The van der Waals surface area contributed by atoms with Crippen LogP contribution in [0.3, 0.4) is 0 Å². The maximum Gasteiger partial charge on any atom is 0.0788 e. The van der Waals surface area contributed by atoms with Crippen LogP contribution in [0, 0.1) is 0 Å². The molecular weight excluding hydrogens is 270 g/mol. The third-order valence-corrected chi connectivity index (χ3v) is 3.03. The second-order valence-corrected chi connectivity index (χ2v) is 3.65. The molecule has 0 aromatic rings. The minimum Gasteiger partial charge on any atom is -1.00 e. The first-order chi connectivity index (χ1) is 4.41. The van der Waals surface area contributed by atoms with Gasteiger partial charge in [-0.1, -0.05) is 0 Å². The highest BCUT2D eigenvalue weighted by Gasteiger charge is 2.34. The lowest BCUT2D eigenvalue weighted by Crippen LogP contribution is -3.00. The first-order valence-corrected chi connectivity index (χ1v) is 4.26. The maximum atomic E-state index is 1.50. The van der Waals surface area contributed by atoms with Gasteiger partial charge in [0.15, 0.2) is 0 Å². The molecule has 2 saturated heterocycles. The van der Waals surface area contributed by atoms with Crippen molar-refractivity contribution in [3.05, 3.63) is 0 Å². The molecule has 0 aliphatic carbocycles. The lowest BCUT2D eigenvalue weighted by Gasteiger charge is -2.27. The Kier molecular flexibility index (Phi) is 5.23. The van der Waals surface area contributed by atoms with Crippen LogP contribution >= 0.6 is 17.0 Å². The van der Waals surface area contributed by atoms with Gasteiger partial charge in [-0.15, -0.1) is 17.0 Å². The van der Waals surface area contributed by atoms with E-state index in [0.29, 0.717) is 0 Å². The Morgan fingerprint density at radius 1 is 0.636 bits per heavy atom. The predicted octanol–water partition coefficient (Wildman–Crippen LogP) is -1.03. The molecule has 2 fully saturated rings. The van der Waals surface area contributed by atoms with Crippen molar-refractivity contribution >= 4 is 17.0 Å². The fourth-order valence-electron chi connectivity index (χ4n) is 2.46. The zero-order chi connectivity index (χ0) is 6.16. The normalized spacial score (nSPS) is 26.2. The average molecular weight is 287 g/mol. The Hall–Kier alpha value is 0.920. The average Bonchev–Trinajstić information content (AvgIpc) is 2.45. The van der Waals surface area contributed by atoms with Gasteiger partial charge in [0.2, 0.25) is 0 Å². The van der Waals surface area contributed by atoms with E-state index >= 15 is 0 Å². The fraction of sp³-hybridized carbons (Fsp3) is 1.00. The van der Waals surface area contributed by atoms with E-state index in [1.54, 1.807) is 0 Å². The molecule has 0 radical (unpaired) electrons. The van der Waals surface area contributed by atoms with Gasteiger partial charge in [-0.05, 0) is 0 Å². The molecule has 0 atom stereocenters. The molecule has 2 heterocycles. The predicted molar refractivity (Wildman–Crippen MR) is 48.5 cm³/mol. The van der Waals surface area contributed by atoms with Gasteiger partial charge in [-0.25, -0.2) is 0 Å². The van der Waals surface area contributed by atoms with Crippen molar-refractivity contribution in [2.24, 2.45) is 0 Å². The fourth-order valence-corrected chi connectivity index (χ4v) is 2.46. The number of quaternary nitrogens is 1. The van der Waals surface area contributed by atoms with E-state index in [-0.39, 0.29) is 34.0 Å². The Labute approximate surface area is 90.3 Å². The molecule has 68 valence electrons. The Balaban J connectivity index is 0.000000500. The summed E-state index contributed by atoms with van der Waals surface area (Å²) in [5, 5.41) is 0. The molecule has 0 amide bonds. The Morgan fingerprint density at radius 2 is 0.909 bits per heavy atom. The minimum absolute atomic E-state index is 0. The van der Waals surface area contributed by atoms with Gasteiger partial charge in [0.25, 0.3) is 0 Å². The van der Waals surface area contributed by atoms with Gasteiger partial charge >= 0.3 is 0 Å². The van der Waals surface area contributed by atoms with Gasteiger partial charge in [0, 0.05) is 25.7 Å². The first kappa shape index (κ1) is 11.9. The molecule has 2 aliphatic heterocycles. The zero-order valence-electron chi connectivity index (χ0n) is 6.89. The van der Waals surface area contributed by atoms with Crippen LogP contribution in [-0.4, -0.2) is 30.7 Å². The monoisotopic (exact) mass is 285 g/mol. The molecule has 0 unspecified atom stereocenters. The number of rotatable bonds is 0. The van der Waals surface area contributed by atoms with Gasteiger partial charge in [-0.3, -0.25) is 0 Å². The highest BCUT2D eigenvalue weighted by molar-refractivity contribution is 8.93. The van der Waals surface area contributed by atoms with E-state index < -0.39 is 0 Å². The summed E-state index contributed by atoms with van der Waals surface area (Å²) < 4.78 is 1.50.